The zero-order chi connectivity index (χ0) is 17.1. The topological polar surface area (TPSA) is 61.6 Å². The summed E-state index contributed by atoms with van der Waals surface area (Å²) in [6, 6.07) is -0.0430. The van der Waals surface area contributed by atoms with E-state index in [-0.39, 0.29) is 17.9 Å². The quantitative estimate of drug-likeness (QED) is 0.840. The van der Waals surface area contributed by atoms with Gasteiger partial charge in [-0.05, 0) is 12.3 Å². The van der Waals surface area contributed by atoms with Crippen molar-refractivity contribution in [2.75, 3.05) is 20.1 Å². The first kappa shape index (κ1) is 17.9. The Kier molecular flexibility index (Phi) is 5.75. The van der Waals surface area contributed by atoms with Crippen LogP contribution in [0.5, 0.6) is 0 Å². The molecular weight excluding hydrogens is 299 g/mol. The number of aliphatic hydroxyl groups is 1. The van der Waals surface area contributed by atoms with E-state index in [9.17, 15) is 14.3 Å². The van der Waals surface area contributed by atoms with E-state index in [0.717, 1.165) is 5.56 Å². The molecule has 2 heterocycles. The highest BCUT2D eigenvalue weighted by Gasteiger charge is 2.34. The number of carbonyl (C=O) groups is 1. The molecule has 6 nitrogen and oxygen atoms in total. The molecule has 0 radical (unpaired) electrons. The zero-order valence-corrected chi connectivity index (χ0v) is 14.3. The first-order valence-electron chi connectivity index (χ1n) is 8.06. The van der Waals surface area contributed by atoms with E-state index in [0.29, 0.717) is 26.1 Å². The van der Waals surface area contributed by atoms with Crippen LogP contribution in [0, 0.1) is 5.92 Å². The minimum absolute atomic E-state index is 0.0430. The van der Waals surface area contributed by atoms with Gasteiger partial charge in [-0.25, -0.2) is 4.39 Å². The standard InChI is InChI=1S/C16H27FN4O2/c1-11(2)15(22)16(23)19(3)10-14-5-13(17)9-21(14)8-12-6-18-20(4)7-12/h6-7,11,13-15,22H,5,8-10H2,1-4H3/t13-,14-,15-/m0/s1. The third-order valence-electron chi connectivity index (χ3n) is 4.37. The number of likely N-dealkylation sites (N-methyl/N-ethyl adjacent to an activating group) is 1. The van der Waals surface area contributed by atoms with E-state index in [1.807, 2.05) is 18.1 Å². The highest BCUT2D eigenvalue weighted by Crippen LogP contribution is 2.23. The molecule has 130 valence electrons. The van der Waals surface area contributed by atoms with Crippen LogP contribution in [0.1, 0.15) is 25.8 Å². The summed E-state index contributed by atoms with van der Waals surface area (Å²) in [6.45, 7) is 5.02. The molecule has 2 rings (SSSR count). The van der Waals surface area contributed by atoms with Gasteiger partial charge in [0.2, 0.25) is 0 Å². The number of aromatic nitrogens is 2. The minimum atomic E-state index is -1.01. The summed E-state index contributed by atoms with van der Waals surface area (Å²) in [5, 5.41) is 14.0. The van der Waals surface area contributed by atoms with E-state index < -0.39 is 12.3 Å². The summed E-state index contributed by atoms with van der Waals surface area (Å²) < 4.78 is 15.6. The van der Waals surface area contributed by atoms with Crippen molar-refractivity contribution >= 4 is 5.91 Å². The van der Waals surface area contributed by atoms with Gasteiger partial charge in [0.15, 0.2) is 0 Å². The van der Waals surface area contributed by atoms with Crippen LogP contribution in [0.25, 0.3) is 0 Å². The largest absolute Gasteiger partial charge is 0.383 e. The first-order chi connectivity index (χ1) is 10.8. The monoisotopic (exact) mass is 326 g/mol. The van der Waals surface area contributed by atoms with Crippen molar-refractivity contribution in [3.8, 4) is 0 Å². The highest BCUT2D eigenvalue weighted by molar-refractivity contribution is 5.80. The molecule has 0 saturated carbocycles. The lowest BCUT2D eigenvalue weighted by Crippen LogP contribution is -2.45. The van der Waals surface area contributed by atoms with Gasteiger partial charge in [-0.2, -0.15) is 5.10 Å². The van der Waals surface area contributed by atoms with Crippen molar-refractivity contribution in [3.05, 3.63) is 18.0 Å². The van der Waals surface area contributed by atoms with E-state index in [1.54, 1.807) is 31.8 Å². The van der Waals surface area contributed by atoms with Crippen molar-refractivity contribution in [2.45, 2.75) is 45.1 Å². The molecule has 1 fully saturated rings. The molecule has 0 aromatic carbocycles. The van der Waals surface area contributed by atoms with Gasteiger partial charge in [-0.15, -0.1) is 0 Å². The van der Waals surface area contributed by atoms with Gasteiger partial charge in [0.25, 0.3) is 5.91 Å². The number of rotatable bonds is 6. The van der Waals surface area contributed by atoms with Crippen LogP contribution in [0.2, 0.25) is 0 Å². The van der Waals surface area contributed by atoms with Crippen LogP contribution in [-0.2, 0) is 18.4 Å². The number of nitrogens with zero attached hydrogens (tertiary/aromatic N) is 4. The van der Waals surface area contributed by atoms with Gasteiger partial charge in [-0.3, -0.25) is 14.4 Å². The number of halogens is 1. The summed E-state index contributed by atoms with van der Waals surface area (Å²) >= 11 is 0. The van der Waals surface area contributed by atoms with Crippen LogP contribution in [0.15, 0.2) is 12.4 Å². The Morgan fingerprint density at radius 3 is 2.83 bits per heavy atom. The average molecular weight is 326 g/mol. The second kappa shape index (κ2) is 7.40. The molecule has 1 N–H and O–H groups in total. The van der Waals surface area contributed by atoms with Gasteiger partial charge in [0, 0.05) is 51.5 Å². The van der Waals surface area contributed by atoms with E-state index in [4.69, 9.17) is 0 Å². The molecular formula is C16H27FN4O2. The van der Waals surface area contributed by atoms with Gasteiger partial charge in [0.1, 0.15) is 12.3 Å². The number of hydrogen-bond donors (Lipinski definition) is 1. The average Bonchev–Trinajstić information content (AvgIpc) is 3.03. The summed E-state index contributed by atoms with van der Waals surface area (Å²) in [7, 11) is 3.52. The number of amides is 1. The smallest absolute Gasteiger partial charge is 0.251 e. The minimum Gasteiger partial charge on any atom is -0.383 e. The molecule has 3 atom stereocenters. The Hall–Kier alpha value is -1.47. The predicted molar refractivity (Wildman–Crippen MR) is 85.4 cm³/mol. The van der Waals surface area contributed by atoms with E-state index in [1.165, 1.54) is 4.90 Å². The lowest BCUT2D eigenvalue weighted by atomic mass is 10.1. The fourth-order valence-electron chi connectivity index (χ4n) is 3.01. The maximum absolute atomic E-state index is 13.9. The molecule has 1 aliphatic rings. The molecule has 1 aliphatic heterocycles. The van der Waals surface area contributed by atoms with Crippen molar-refractivity contribution in [2.24, 2.45) is 13.0 Å². The Balaban J connectivity index is 1.97. The summed E-state index contributed by atoms with van der Waals surface area (Å²) in [6.07, 6.45) is 2.22. The molecule has 1 amide bonds. The summed E-state index contributed by atoms with van der Waals surface area (Å²) in [5.41, 5.74) is 1.03. The molecule has 1 aromatic heterocycles. The lowest BCUT2D eigenvalue weighted by Gasteiger charge is -2.29. The van der Waals surface area contributed by atoms with Crippen LogP contribution >= 0.6 is 0 Å². The highest BCUT2D eigenvalue weighted by atomic mass is 19.1. The Bertz CT molecular complexity index is 534. The van der Waals surface area contributed by atoms with Crippen molar-refractivity contribution in [1.29, 1.82) is 0 Å². The molecule has 0 aliphatic carbocycles. The van der Waals surface area contributed by atoms with Crippen molar-refractivity contribution in [3.63, 3.8) is 0 Å². The third kappa shape index (κ3) is 4.51. The van der Waals surface area contributed by atoms with Gasteiger partial charge < -0.3 is 10.0 Å². The predicted octanol–water partition coefficient (Wildman–Crippen LogP) is 0.808. The molecule has 0 bridgehead atoms. The van der Waals surface area contributed by atoms with Gasteiger partial charge in [-0.1, -0.05) is 13.8 Å². The Morgan fingerprint density at radius 1 is 1.57 bits per heavy atom. The van der Waals surface area contributed by atoms with Crippen molar-refractivity contribution < 1.29 is 14.3 Å². The maximum atomic E-state index is 13.9. The summed E-state index contributed by atoms with van der Waals surface area (Å²) in [5.74, 6) is -0.433. The second-order valence-corrected chi connectivity index (χ2v) is 6.85. The number of likely N-dealkylation sites (tertiary alicyclic amines) is 1. The van der Waals surface area contributed by atoms with Crippen LogP contribution in [0.3, 0.4) is 0 Å². The normalized spacial score (nSPS) is 23.4. The lowest BCUT2D eigenvalue weighted by molar-refractivity contribution is -0.141. The second-order valence-electron chi connectivity index (χ2n) is 6.85. The summed E-state index contributed by atoms with van der Waals surface area (Å²) in [4.78, 5) is 15.7. The SMILES string of the molecule is CC(C)[C@H](O)C(=O)N(C)C[C@@H]1C[C@H](F)CN1Cc1cnn(C)c1. The van der Waals surface area contributed by atoms with Crippen LogP contribution in [0.4, 0.5) is 4.39 Å². The fourth-order valence-corrected chi connectivity index (χ4v) is 3.01. The van der Waals surface area contributed by atoms with Crippen LogP contribution < -0.4 is 0 Å². The molecule has 7 heteroatoms. The zero-order valence-electron chi connectivity index (χ0n) is 14.3. The number of alkyl halides is 1. The van der Waals surface area contributed by atoms with Gasteiger partial charge >= 0.3 is 0 Å². The van der Waals surface area contributed by atoms with Crippen LogP contribution in [-0.4, -0.2) is 69.0 Å². The Morgan fingerprint density at radius 2 is 2.26 bits per heavy atom. The molecule has 23 heavy (non-hydrogen) atoms. The molecule has 0 spiro atoms. The van der Waals surface area contributed by atoms with Gasteiger partial charge in [0.05, 0.1) is 6.20 Å². The van der Waals surface area contributed by atoms with E-state index in [2.05, 4.69) is 5.10 Å². The maximum Gasteiger partial charge on any atom is 0.251 e. The first-order valence-corrected chi connectivity index (χ1v) is 8.06. The number of aliphatic hydroxyl groups excluding tert-OH is 1. The number of hydrogen-bond acceptors (Lipinski definition) is 4. The molecule has 0 unspecified atom stereocenters. The molecule has 1 saturated heterocycles. The van der Waals surface area contributed by atoms with Crippen molar-refractivity contribution in [1.82, 2.24) is 19.6 Å². The third-order valence-corrected chi connectivity index (χ3v) is 4.37. The number of aryl methyl sites for hydroxylation is 1. The molecule has 1 aromatic rings. The number of carbonyl (C=O) groups excluding carboxylic acids is 1. The Labute approximate surface area is 136 Å². The van der Waals surface area contributed by atoms with E-state index >= 15 is 0 Å². The fraction of sp³-hybridized carbons (Fsp3) is 0.750.